The van der Waals surface area contributed by atoms with E-state index in [1.807, 2.05) is 32.0 Å². The molecule has 2 N–H and O–H groups in total. The number of ether oxygens (including phenoxy) is 1. The Morgan fingerprint density at radius 1 is 1.14 bits per heavy atom. The van der Waals surface area contributed by atoms with Crippen LogP contribution in [0, 0.1) is 20.8 Å². The summed E-state index contributed by atoms with van der Waals surface area (Å²) in [6.07, 6.45) is 0. The van der Waals surface area contributed by atoms with E-state index in [1.54, 1.807) is 19.1 Å². The molecule has 116 valence electrons. The van der Waals surface area contributed by atoms with E-state index in [-0.39, 0.29) is 18.3 Å². The van der Waals surface area contributed by atoms with Gasteiger partial charge in [0.15, 0.2) is 6.61 Å². The lowest BCUT2D eigenvalue weighted by atomic mass is 10.1. The first-order chi connectivity index (χ1) is 10.4. The Balaban J connectivity index is 1.97. The van der Waals surface area contributed by atoms with Gasteiger partial charge in [-0.25, -0.2) is 0 Å². The average molecular weight is 364 g/mol. The standard InChI is InChI=1S/C17H18BrNO3/c1-10-4-5-14(7-11(10)2)22-9-16(20)19-13-6-12(3)17(21)15(18)8-13/h4-8,21H,9H2,1-3H3,(H,19,20). The van der Waals surface area contributed by atoms with Crippen molar-refractivity contribution in [2.24, 2.45) is 0 Å². The van der Waals surface area contributed by atoms with Crippen LogP contribution in [-0.2, 0) is 4.79 Å². The fourth-order valence-corrected chi connectivity index (χ4v) is 2.52. The average Bonchev–Trinajstić information content (AvgIpc) is 2.46. The van der Waals surface area contributed by atoms with E-state index in [2.05, 4.69) is 21.2 Å². The van der Waals surface area contributed by atoms with Crippen LogP contribution in [0.1, 0.15) is 16.7 Å². The van der Waals surface area contributed by atoms with Crippen molar-refractivity contribution in [3.63, 3.8) is 0 Å². The highest BCUT2D eigenvalue weighted by molar-refractivity contribution is 9.10. The van der Waals surface area contributed by atoms with Crippen LogP contribution >= 0.6 is 15.9 Å². The predicted molar refractivity (Wildman–Crippen MR) is 90.6 cm³/mol. The van der Waals surface area contributed by atoms with Crippen LogP contribution in [0.3, 0.4) is 0 Å². The number of hydrogen-bond donors (Lipinski definition) is 2. The van der Waals surface area contributed by atoms with Gasteiger partial charge in [0, 0.05) is 5.69 Å². The highest BCUT2D eigenvalue weighted by Gasteiger charge is 2.08. The van der Waals surface area contributed by atoms with Crippen molar-refractivity contribution in [2.45, 2.75) is 20.8 Å². The minimum Gasteiger partial charge on any atom is -0.506 e. The summed E-state index contributed by atoms with van der Waals surface area (Å²) >= 11 is 3.24. The van der Waals surface area contributed by atoms with Crippen LogP contribution in [0.25, 0.3) is 0 Å². The molecule has 0 radical (unpaired) electrons. The Bertz CT molecular complexity index is 690. The van der Waals surface area contributed by atoms with E-state index in [9.17, 15) is 9.90 Å². The number of phenols is 1. The molecule has 0 aliphatic rings. The van der Waals surface area contributed by atoms with Crippen molar-refractivity contribution >= 4 is 27.5 Å². The molecule has 2 aromatic carbocycles. The van der Waals surface area contributed by atoms with Gasteiger partial charge in [-0.3, -0.25) is 4.79 Å². The number of hydrogen-bond acceptors (Lipinski definition) is 3. The molecular formula is C17H18BrNO3. The molecular weight excluding hydrogens is 346 g/mol. The quantitative estimate of drug-likeness (QED) is 0.804. The lowest BCUT2D eigenvalue weighted by Crippen LogP contribution is -2.20. The van der Waals surface area contributed by atoms with Gasteiger partial charge >= 0.3 is 0 Å². The maximum atomic E-state index is 11.9. The fourth-order valence-electron chi connectivity index (χ4n) is 1.96. The maximum absolute atomic E-state index is 11.9. The number of anilines is 1. The molecule has 0 aromatic heterocycles. The topological polar surface area (TPSA) is 58.6 Å². The summed E-state index contributed by atoms with van der Waals surface area (Å²) < 4.78 is 6.03. The number of nitrogens with one attached hydrogen (secondary N) is 1. The zero-order valence-electron chi connectivity index (χ0n) is 12.7. The number of aromatic hydroxyl groups is 1. The van der Waals surface area contributed by atoms with E-state index in [0.29, 0.717) is 21.5 Å². The highest BCUT2D eigenvalue weighted by Crippen LogP contribution is 2.30. The second kappa shape index (κ2) is 6.83. The van der Waals surface area contributed by atoms with E-state index in [4.69, 9.17) is 4.74 Å². The van der Waals surface area contributed by atoms with Crippen LogP contribution < -0.4 is 10.1 Å². The van der Waals surface area contributed by atoms with Crippen molar-refractivity contribution in [1.29, 1.82) is 0 Å². The van der Waals surface area contributed by atoms with Crippen LogP contribution in [0.15, 0.2) is 34.8 Å². The van der Waals surface area contributed by atoms with Crippen molar-refractivity contribution in [1.82, 2.24) is 0 Å². The van der Waals surface area contributed by atoms with Crippen molar-refractivity contribution < 1.29 is 14.6 Å². The van der Waals surface area contributed by atoms with Crippen LogP contribution in [0.4, 0.5) is 5.69 Å². The summed E-state index contributed by atoms with van der Waals surface area (Å²) in [6, 6.07) is 9.06. The Kier molecular flexibility index (Phi) is 5.08. The summed E-state index contributed by atoms with van der Waals surface area (Å²) in [4.78, 5) is 11.9. The summed E-state index contributed by atoms with van der Waals surface area (Å²) in [5.41, 5.74) is 3.59. The Labute approximate surface area is 138 Å². The van der Waals surface area contributed by atoms with Crippen LogP contribution in [0.5, 0.6) is 11.5 Å². The number of rotatable bonds is 4. The monoisotopic (exact) mass is 363 g/mol. The molecule has 0 bridgehead atoms. The molecule has 0 atom stereocenters. The minimum absolute atomic E-state index is 0.0694. The predicted octanol–water partition coefficient (Wildman–Crippen LogP) is 4.10. The summed E-state index contributed by atoms with van der Waals surface area (Å²) in [7, 11) is 0. The summed E-state index contributed by atoms with van der Waals surface area (Å²) in [6.45, 7) is 5.72. The van der Waals surface area contributed by atoms with Gasteiger partial charge in [-0.05, 0) is 77.7 Å². The lowest BCUT2D eigenvalue weighted by Gasteiger charge is -2.10. The van der Waals surface area contributed by atoms with Gasteiger partial charge in [0.05, 0.1) is 4.47 Å². The number of aryl methyl sites for hydroxylation is 3. The zero-order chi connectivity index (χ0) is 16.3. The molecule has 2 rings (SSSR count). The molecule has 0 aliphatic heterocycles. The molecule has 0 heterocycles. The van der Waals surface area contributed by atoms with E-state index in [1.165, 1.54) is 5.56 Å². The first-order valence-corrected chi connectivity index (χ1v) is 7.65. The maximum Gasteiger partial charge on any atom is 0.262 e. The van der Waals surface area contributed by atoms with Gasteiger partial charge in [0.25, 0.3) is 5.91 Å². The van der Waals surface area contributed by atoms with E-state index in [0.717, 1.165) is 5.56 Å². The van der Waals surface area contributed by atoms with Crippen molar-refractivity contribution in [3.05, 3.63) is 51.5 Å². The Hall–Kier alpha value is -2.01. The van der Waals surface area contributed by atoms with Crippen molar-refractivity contribution in [2.75, 3.05) is 11.9 Å². The number of carbonyl (C=O) groups excluding carboxylic acids is 1. The molecule has 0 unspecified atom stereocenters. The third-order valence-corrected chi connectivity index (χ3v) is 3.99. The molecule has 5 heteroatoms. The SMILES string of the molecule is Cc1ccc(OCC(=O)Nc2cc(C)c(O)c(Br)c2)cc1C. The number of amides is 1. The number of benzene rings is 2. The molecule has 1 amide bonds. The first kappa shape index (κ1) is 16.4. The van der Waals surface area contributed by atoms with E-state index >= 15 is 0 Å². The molecule has 0 aliphatic carbocycles. The van der Waals surface area contributed by atoms with Crippen LogP contribution in [-0.4, -0.2) is 17.6 Å². The molecule has 2 aromatic rings. The second-order valence-corrected chi connectivity index (χ2v) is 6.06. The highest BCUT2D eigenvalue weighted by atomic mass is 79.9. The molecule has 22 heavy (non-hydrogen) atoms. The molecule has 0 saturated carbocycles. The number of halogens is 1. The Morgan fingerprint density at radius 3 is 2.50 bits per heavy atom. The smallest absolute Gasteiger partial charge is 0.262 e. The van der Waals surface area contributed by atoms with Gasteiger partial charge in [-0.2, -0.15) is 0 Å². The van der Waals surface area contributed by atoms with Crippen molar-refractivity contribution in [3.8, 4) is 11.5 Å². The minimum atomic E-state index is -0.254. The third kappa shape index (κ3) is 4.01. The number of phenolic OH excluding ortho intramolecular Hbond substituents is 1. The Morgan fingerprint density at radius 2 is 1.86 bits per heavy atom. The largest absolute Gasteiger partial charge is 0.506 e. The summed E-state index contributed by atoms with van der Waals surface area (Å²) in [5.74, 6) is 0.584. The summed E-state index contributed by atoms with van der Waals surface area (Å²) in [5, 5.41) is 12.4. The van der Waals surface area contributed by atoms with Crippen LogP contribution in [0.2, 0.25) is 0 Å². The normalized spacial score (nSPS) is 10.4. The van der Waals surface area contributed by atoms with Gasteiger partial charge in [-0.15, -0.1) is 0 Å². The molecule has 0 spiro atoms. The molecule has 4 nitrogen and oxygen atoms in total. The van der Waals surface area contributed by atoms with Gasteiger partial charge in [0.2, 0.25) is 0 Å². The van der Waals surface area contributed by atoms with Gasteiger partial charge in [-0.1, -0.05) is 6.07 Å². The zero-order valence-corrected chi connectivity index (χ0v) is 14.3. The lowest BCUT2D eigenvalue weighted by molar-refractivity contribution is -0.118. The third-order valence-electron chi connectivity index (χ3n) is 3.39. The first-order valence-electron chi connectivity index (χ1n) is 6.86. The number of carbonyl (C=O) groups is 1. The molecule has 0 fully saturated rings. The fraction of sp³-hybridized carbons (Fsp3) is 0.235. The van der Waals surface area contributed by atoms with Gasteiger partial charge in [0.1, 0.15) is 11.5 Å². The van der Waals surface area contributed by atoms with Gasteiger partial charge < -0.3 is 15.2 Å². The van der Waals surface area contributed by atoms with E-state index < -0.39 is 0 Å². The second-order valence-electron chi connectivity index (χ2n) is 5.21. The molecule has 0 saturated heterocycles.